The Morgan fingerprint density at radius 3 is 2.25 bits per heavy atom. The molecule has 0 saturated carbocycles. The maximum absolute atomic E-state index is 11.9. The lowest BCUT2D eigenvalue weighted by molar-refractivity contribution is -0.124. The fourth-order valence-corrected chi connectivity index (χ4v) is 2.19. The van der Waals surface area contributed by atoms with Gasteiger partial charge in [0.25, 0.3) is 5.91 Å². The zero-order valence-corrected chi connectivity index (χ0v) is 13.7. The maximum atomic E-state index is 11.9. The lowest BCUT2D eigenvalue weighted by Gasteiger charge is -2.14. The Kier molecular flexibility index (Phi) is 5.68. The van der Waals surface area contributed by atoms with Crippen LogP contribution in [0.5, 0.6) is 0 Å². The molecule has 7 heteroatoms. The molecule has 0 unspecified atom stereocenters. The van der Waals surface area contributed by atoms with E-state index in [1.807, 2.05) is 13.8 Å². The highest BCUT2D eigenvalue weighted by molar-refractivity contribution is 6.19. The summed E-state index contributed by atoms with van der Waals surface area (Å²) in [6.45, 7) is 4.09. The van der Waals surface area contributed by atoms with E-state index >= 15 is 0 Å². The monoisotopic (exact) mass is 332 g/mol. The summed E-state index contributed by atoms with van der Waals surface area (Å²) in [7, 11) is 0. The van der Waals surface area contributed by atoms with Gasteiger partial charge in [0.1, 0.15) is 0 Å². The number of anilines is 1. The number of hydrogen-bond acceptors (Lipinski definition) is 5. The van der Waals surface area contributed by atoms with E-state index in [-0.39, 0.29) is 42.7 Å². The number of rotatable bonds is 6. The highest BCUT2D eigenvalue weighted by Gasteiger charge is 2.30. The molecule has 1 aliphatic rings. The molecule has 1 aromatic rings. The van der Waals surface area contributed by atoms with Gasteiger partial charge in [0.15, 0.2) is 6.61 Å². The van der Waals surface area contributed by atoms with Crippen LogP contribution < -0.4 is 10.2 Å². The van der Waals surface area contributed by atoms with Crippen molar-refractivity contribution < 1.29 is 23.9 Å². The van der Waals surface area contributed by atoms with E-state index in [0.29, 0.717) is 18.2 Å². The minimum absolute atomic E-state index is 0.202. The van der Waals surface area contributed by atoms with Crippen molar-refractivity contribution >= 4 is 29.4 Å². The number of imide groups is 1. The molecule has 0 atom stereocenters. The second kappa shape index (κ2) is 7.72. The van der Waals surface area contributed by atoms with Crippen LogP contribution in [-0.4, -0.2) is 36.8 Å². The average molecular weight is 332 g/mol. The van der Waals surface area contributed by atoms with E-state index in [9.17, 15) is 19.2 Å². The van der Waals surface area contributed by atoms with Gasteiger partial charge in [-0.1, -0.05) is 13.8 Å². The van der Waals surface area contributed by atoms with Crippen molar-refractivity contribution in [2.75, 3.05) is 18.1 Å². The fourth-order valence-electron chi connectivity index (χ4n) is 2.19. The van der Waals surface area contributed by atoms with Crippen LogP contribution in [0.25, 0.3) is 0 Å². The van der Waals surface area contributed by atoms with Gasteiger partial charge in [0.2, 0.25) is 11.8 Å². The third kappa shape index (κ3) is 4.41. The molecule has 1 fully saturated rings. The number of nitrogens with one attached hydrogen (secondary N) is 1. The van der Waals surface area contributed by atoms with Gasteiger partial charge in [-0.05, 0) is 30.2 Å². The molecule has 7 nitrogen and oxygen atoms in total. The molecule has 24 heavy (non-hydrogen) atoms. The normalized spacial score (nSPS) is 14.2. The second-order valence-corrected chi connectivity index (χ2v) is 5.94. The quantitative estimate of drug-likeness (QED) is 0.625. The summed E-state index contributed by atoms with van der Waals surface area (Å²) in [5.41, 5.74) is 0.670. The van der Waals surface area contributed by atoms with Gasteiger partial charge in [-0.15, -0.1) is 0 Å². The first-order chi connectivity index (χ1) is 11.4. The van der Waals surface area contributed by atoms with Crippen LogP contribution in [0.15, 0.2) is 24.3 Å². The van der Waals surface area contributed by atoms with E-state index < -0.39 is 5.97 Å². The summed E-state index contributed by atoms with van der Waals surface area (Å²) in [5.74, 6) is -1.19. The van der Waals surface area contributed by atoms with Crippen molar-refractivity contribution in [1.82, 2.24) is 5.32 Å². The van der Waals surface area contributed by atoms with Gasteiger partial charge in [0.05, 0.1) is 11.3 Å². The average Bonchev–Trinajstić information content (AvgIpc) is 2.89. The summed E-state index contributed by atoms with van der Waals surface area (Å²) in [4.78, 5) is 47.8. The Morgan fingerprint density at radius 1 is 1.12 bits per heavy atom. The third-order valence-electron chi connectivity index (χ3n) is 3.45. The zero-order valence-electron chi connectivity index (χ0n) is 13.7. The number of hydrogen-bond donors (Lipinski definition) is 1. The van der Waals surface area contributed by atoms with Crippen molar-refractivity contribution in [3.05, 3.63) is 29.8 Å². The van der Waals surface area contributed by atoms with Gasteiger partial charge in [0, 0.05) is 19.4 Å². The van der Waals surface area contributed by atoms with E-state index in [0.717, 1.165) is 4.90 Å². The van der Waals surface area contributed by atoms with Crippen LogP contribution in [-0.2, 0) is 19.1 Å². The molecular weight excluding hydrogens is 312 g/mol. The minimum atomic E-state index is -0.639. The molecule has 0 spiro atoms. The van der Waals surface area contributed by atoms with Gasteiger partial charge >= 0.3 is 5.97 Å². The zero-order chi connectivity index (χ0) is 17.7. The van der Waals surface area contributed by atoms with Crippen LogP contribution in [0.2, 0.25) is 0 Å². The lowest BCUT2D eigenvalue weighted by atomic mass is 10.2. The molecule has 1 saturated heterocycles. The number of benzene rings is 1. The Balaban J connectivity index is 1.91. The van der Waals surface area contributed by atoms with E-state index in [4.69, 9.17) is 4.74 Å². The summed E-state index contributed by atoms with van der Waals surface area (Å²) in [5, 5.41) is 2.65. The largest absolute Gasteiger partial charge is 0.452 e. The minimum Gasteiger partial charge on any atom is -0.452 e. The molecule has 3 amide bonds. The number of esters is 1. The van der Waals surface area contributed by atoms with Crippen LogP contribution in [0, 0.1) is 5.92 Å². The first kappa shape index (κ1) is 17.7. The molecule has 1 aromatic carbocycles. The van der Waals surface area contributed by atoms with Crippen molar-refractivity contribution in [2.24, 2.45) is 5.92 Å². The molecule has 0 aromatic heterocycles. The second-order valence-electron chi connectivity index (χ2n) is 5.94. The maximum Gasteiger partial charge on any atom is 0.338 e. The standard InChI is InChI=1S/C17H20N2O5/c1-11(2)9-18-14(20)10-24-17(23)12-3-5-13(6-4-12)19-15(21)7-8-16(19)22/h3-6,11H,7-10H2,1-2H3,(H,18,20). The highest BCUT2D eigenvalue weighted by atomic mass is 16.5. The summed E-state index contributed by atoms with van der Waals surface area (Å²) >= 11 is 0. The van der Waals surface area contributed by atoms with Gasteiger partial charge < -0.3 is 10.1 Å². The smallest absolute Gasteiger partial charge is 0.338 e. The summed E-state index contributed by atoms with van der Waals surface area (Å²) in [6, 6.07) is 5.94. The SMILES string of the molecule is CC(C)CNC(=O)COC(=O)c1ccc(N2C(=O)CCC2=O)cc1. The first-order valence-corrected chi connectivity index (χ1v) is 7.78. The lowest BCUT2D eigenvalue weighted by Crippen LogP contribution is -2.31. The fraction of sp³-hybridized carbons (Fsp3) is 0.412. The topological polar surface area (TPSA) is 92.8 Å². The Morgan fingerprint density at radius 2 is 1.71 bits per heavy atom. The molecule has 1 heterocycles. The molecule has 0 aliphatic carbocycles. The van der Waals surface area contributed by atoms with Crippen LogP contribution in [0.1, 0.15) is 37.0 Å². The molecular formula is C17H20N2O5. The first-order valence-electron chi connectivity index (χ1n) is 7.78. The Labute approximate surface area is 140 Å². The van der Waals surface area contributed by atoms with E-state index in [1.165, 1.54) is 24.3 Å². The van der Waals surface area contributed by atoms with Crippen LogP contribution in [0.3, 0.4) is 0 Å². The number of carbonyl (C=O) groups excluding carboxylic acids is 4. The van der Waals surface area contributed by atoms with Gasteiger partial charge in [-0.2, -0.15) is 0 Å². The third-order valence-corrected chi connectivity index (χ3v) is 3.45. The Bertz CT molecular complexity index is 635. The van der Waals surface area contributed by atoms with E-state index in [2.05, 4.69) is 5.32 Å². The van der Waals surface area contributed by atoms with Crippen LogP contribution in [0.4, 0.5) is 5.69 Å². The molecule has 0 radical (unpaired) electrons. The summed E-state index contributed by atoms with van der Waals surface area (Å²) in [6.07, 6.45) is 0.405. The molecule has 0 bridgehead atoms. The highest BCUT2D eigenvalue weighted by Crippen LogP contribution is 2.22. The van der Waals surface area contributed by atoms with Gasteiger partial charge in [-0.3, -0.25) is 19.3 Å². The van der Waals surface area contributed by atoms with Gasteiger partial charge in [-0.25, -0.2) is 4.79 Å². The number of amides is 3. The number of nitrogens with zero attached hydrogens (tertiary/aromatic N) is 1. The molecule has 1 N–H and O–H groups in total. The number of carbonyl (C=O) groups is 4. The van der Waals surface area contributed by atoms with Crippen molar-refractivity contribution in [3.8, 4) is 0 Å². The van der Waals surface area contributed by atoms with E-state index in [1.54, 1.807) is 0 Å². The molecule has 2 rings (SSSR count). The Hall–Kier alpha value is -2.70. The van der Waals surface area contributed by atoms with Crippen molar-refractivity contribution in [3.63, 3.8) is 0 Å². The predicted octanol–water partition coefficient (Wildman–Crippen LogP) is 1.27. The number of ether oxygens (including phenoxy) is 1. The molecule has 1 aliphatic heterocycles. The van der Waals surface area contributed by atoms with Crippen molar-refractivity contribution in [2.45, 2.75) is 26.7 Å². The summed E-state index contributed by atoms with van der Waals surface area (Å²) < 4.78 is 4.93. The molecule has 128 valence electrons. The predicted molar refractivity (Wildman–Crippen MR) is 86.3 cm³/mol. The van der Waals surface area contributed by atoms with Crippen molar-refractivity contribution in [1.29, 1.82) is 0 Å². The van der Waals surface area contributed by atoms with Crippen LogP contribution >= 0.6 is 0 Å².